The molecule has 0 bridgehead atoms. The fourth-order valence-electron chi connectivity index (χ4n) is 4.77. The lowest BCUT2D eigenvalue weighted by Crippen LogP contribution is -2.46. The highest BCUT2D eigenvalue weighted by Gasteiger charge is 2.50. The molecule has 3 heterocycles. The van der Waals surface area contributed by atoms with Gasteiger partial charge >= 0.3 is 31.1 Å². The van der Waals surface area contributed by atoms with Crippen molar-refractivity contribution < 1.29 is 94.8 Å². The third-order valence-electron chi connectivity index (χ3n) is 7.57. The number of thioether (sulfide) groups is 1. The lowest BCUT2D eigenvalue weighted by atomic mass is 9.87. The number of hydrogen-bond acceptors (Lipinski definition) is 19. The molecule has 2 aromatic heterocycles. The normalized spacial score (nSPS) is 21.4. The van der Waals surface area contributed by atoms with Crippen LogP contribution in [0, 0.1) is 5.41 Å². The molecule has 2 amide bonds. The van der Waals surface area contributed by atoms with E-state index in [0.29, 0.717) is 11.8 Å². The maximum atomic E-state index is 12.7. The van der Waals surface area contributed by atoms with Gasteiger partial charge in [0.25, 0.3) is 0 Å². The van der Waals surface area contributed by atoms with E-state index in [-0.39, 0.29) is 42.2 Å². The Morgan fingerprint density at radius 3 is 2.27 bits per heavy atom. The number of phosphoric acid groups is 3. The number of phosphoric ester groups is 3. The first-order valence-electron chi connectivity index (χ1n) is 16.2. The van der Waals surface area contributed by atoms with E-state index in [4.69, 9.17) is 52.5 Å². The van der Waals surface area contributed by atoms with Crippen LogP contribution in [0.4, 0.5) is 5.82 Å². The fourth-order valence-corrected chi connectivity index (χ4v) is 9.76. The third-order valence-corrected chi connectivity index (χ3v) is 12.8. The molecule has 1 aliphatic heterocycles. The Hall–Kier alpha value is -1.97. The quantitative estimate of drug-likeness (QED) is 0.0403. The fraction of sp³-hybridized carbons (Fsp3) is 0.600. The highest BCUT2D eigenvalue weighted by atomic mass is 35.5. The zero-order chi connectivity index (χ0) is 44.7. The molecular weight excluding hydrogens is 945 g/mol. The lowest BCUT2D eigenvalue weighted by molar-refractivity contribution is -0.137. The number of fused-ring (bicyclic) bond motifs is 1. The van der Waals surface area contributed by atoms with Crippen molar-refractivity contribution in [1.82, 2.24) is 30.2 Å². The van der Waals surface area contributed by atoms with E-state index in [1.807, 2.05) is 0 Å². The van der Waals surface area contributed by atoms with Gasteiger partial charge in [0.15, 0.2) is 17.7 Å². The molecule has 59 heavy (non-hydrogen) atoms. The van der Waals surface area contributed by atoms with Crippen LogP contribution in [0.2, 0.25) is 0 Å². The predicted molar refractivity (Wildman–Crippen MR) is 203 cm³/mol. The van der Waals surface area contributed by atoms with E-state index in [2.05, 4.69) is 34.4 Å². The molecule has 7 unspecified atom stereocenters. The summed E-state index contributed by atoms with van der Waals surface area (Å²) in [6.07, 6.45) is -8.28. The SMILES string of the molecule is CC(C)(COP(=O)(O)OP(=O)(O)OCC1OC(n2cnc3c(N)ncnc32)C(O)C1OP(=O)(O)O)C(O)C(=O)NCCC(=O)NCCSC(=O)C(CP(=O)(O)O)=C(Cl)Cl. The molecule has 2 aromatic rings. The first-order valence-corrected chi connectivity index (χ1v) is 24.2. The van der Waals surface area contributed by atoms with Gasteiger partial charge in [0.05, 0.1) is 25.7 Å². The van der Waals surface area contributed by atoms with Gasteiger partial charge in [0, 0.05) is 36.3 Å². The summed E-state index contributed by atoms with van der Waals surface area (Å²) in [4.78, 5) is 106. The second-order valence-corrected chi connectivity index (χ2v) is 20.7. The highest BCUT2D eigenvalue weighted by Crippen LogP contribution is 2.61. The number of anilines is 1. The molecule has 27 nitrogen and oxygen atoms in total. The Labute approximate surface area is 346 Å². The number of aromatic nitrogens is 4. The number of carbonyl (C=O) groups is 3. The molecule has 0 aromatic carbocycles. The van der Waals surface area contributed by atoms with Gasteiger partial charge in [-0.25, -0.2) is 28.6 Å². The number of nitrogens with two attached hydrogens (primary N) is 1. The molecule has 1 saturated heterocycles. The third kappa shape index (κ3) is 16.0. The number of imidazole rings is 1. The first kappa shape index (κ1) is 51.4. The average Bonchev–Trinajstić information content (AvgIpc) is 3.66. The molecule has 0 spiro atoms. The number of aliphatic hydroxyl groups is 2. The molecule has 1 aliphatic rings. The minimum Gasteiger partial charge on any atom is -0.386 e. The molecule has 12 N–H and O–H groups in total. The van der Waals surface area contributed by atoms with Crippen molar-refractivity contribution in [3.63, 3.8) is 0 Å². The van der Waals surface area contributed by atoms with Crippen LogP contribution in [0.3, 0.4) is 0 Å². The molecule has 1 fully saturated rings. The van der Waals surface area contributed by atoms with E-state index >= 15 is 0 Å². The van der Waals surface area contributed by atoms with Crippen molar-refractivity contribution in [3.8, 4) is 0 Å². The second-order valence-electron chi connectivity index (χ2n) is 12.8. The molecule has 7 atom stereocenters. The summed E-state index contributed by atoms with van der Waals surface area (Å²) < 4.78 is 72.5. The number of carbonyl (C=O) groups excluding carboxylic acids is 3. The topological polar surface area (TPSA) is 421 Å². The molecule has 334 valence electrons. The van der Waals surface area contributed by atoms with E-state index in [1.165, 1.54) is 13.8 Å². The van der Waals surface area contributed by atoms with Gasteiger partial charge in [-0.2, -0.15) is 4.31 Å². The van der Waals surface area contributed by atoms with Crippen LogP contribution >= 0.6 is 66.0 Å². The van der Waals surface area contributed by atoms with Crippen molar-refractivity contribution >= 4 is 99.9 Å². The van der Waals surface area contributed by atoms with Crippen molar-refractivity contribution in [2.75, 3.05) is 44.0 Å². The number of nitrogen functional groups attached to an aromatic ring is 1. The highest BCUT2D eigenvalue weighted by molar-refractivity contribution is 8.14. The number of aliphatic hydroxyl groups excluding tert-OH is 2. The van der Waals surface area contributed by atoms with E-state index in [1.54, 1.807) is 0 Å². The van der Waals surface area contributed by atoms with Gasteiger partial charge in [-0.1, -0.05) is 48.8 Å². The number of nitrogens with one attached hydrogen (secondary N) is 2. The number of hydrogen-bond donors (Lipinski definition) is 11. The minimum atomic E-state index is -5.61. The van der Waals surface area contributed by atoms with E-state index in [9.17, 15) is 62.4 Å². The molecule has 0 saturated carbocycles. The summed E-state index contributed by atoms with van der Waals surface area (Å²) in [5, 5.41) is 25.3. The van der Waals surface area contributed by atoms with Crippen molar-refractivity contribution in [2.45, 2.75) is 50.9 Å². The average molecular weight is 984 g/mol. The summed E-state index contributed by atoms with van der Waals surface area (Å²) in [5.74, 6) is -1.78. The van der Waals surface area contributed by atoms with Crippen molar-refractivity contribution in [2.24, 2.45) is 5.41 Å². The Morgan fingerprint density at radius 2 is 1.66 bits per heavy atom. The summed E-state index contributed by atoms with van der Waals surface area (Å²) in [5.41, 5.74) is 3.64. The van der Waals surface area contributed by atoms with Gasteiger partial charge in [0.2, 0.25) is 16.9 Å². The van der Waals surface area contributed by atoms with Crippen LogP contribution in [-0.2, 0) is 55.3 Å². The van der Waals surface area contributed by atoms with Gasteiger partial charge in [-0.05, 0) is 0 Å². The number of ether oxygens (including phenoxy) is 1. The Morgan fingerprint density at radius 1 is 1.02 bits per heavy atom. The van der Waals surface area contributed by atoms with Crippen molar-refractivity contribution in [1.29, 1.82) is 0 Å². The Bertz CT molecular complexity index is 2080. The molecule has 34 heteroatoms. The van der Waals surface area contributed by atoms with Gasteiger partial charge < -0.3 is 60.7 Å². The van der Waals surface area contributed by atoms with Crippen LogP contribution < -0.4 is 16.4 Å². The monoisotopic (exact) mass is 983 g/mol. The molecule has 0 radical (unpaired) electrons. The van der Waals surface area contributed by atoms with E-state index in [0.717, 1.165) is 17.2 Å². The Kier molecular flexibility index (Phi) is 18.2. The summed E-state index contributed by atoms with van der Waals surface area (Å²) >= 11 is 11.6. The zero-order valence-corrected chi connectivity index (χ0v) is 36.2. The number of nitrogens with zero attached hydrogens (tertiary/aromatic N) is 4. The summed E-state index contributed by atoms with van der Waals surface area (Å²) in [6, 6.07) is 0. The maximum Gasteiger partial charge on any atom is 0.481 e. The van der Waals surface area contributed by atoms with Gasteiger partial charge in [-0.3, -0.25) is 37.1 Å². The maximum absolute atomic E-state index is 12.7. The Balaban J connectivity index is 1.48. The van der Waals surface area contributed by atoms with Crippen LogP contribution in [0.15, 0.2) is 22.7 Å². The molecule has 0 aliphatic carbocycles. The predicted octanol–water partition coefficient (Wildman–Crippen LogP) is -0.468. The van der Waals surface area contributed by atoms with Crippen LogP contribution in [-0.4, -0.2) is 139 Å². The lowest BCUT2D eigenvalue weighted by Gasteiger charge is -2.30. The standard InChI is InChI=1S/C25H39Cl2N7O20P4S/c1-25(2,18(37)22(38)30-4-3-14(35)29-5-6-59-24(39)12(19(26)27)8-55(40,41)42)9-51-58(48,49)54-57(46,47)50-7-13-17(53-56(43,44)45)16(36)23(52-13)34-11-33-15-20(28)31-10-32-21(15)34/h10-11,13,16-18,23,36-37H,3-9H2,1-2H3,(H,29,35)(H,30,38)(H,46,47)(H,48,49)(H2,28,31,32)(H2,40,41,42)(H2,43,44,45). The number of rotatable bonds is 22. The first-order chi connectivity index (χ1) is 27.0. The molecular formula is C25H39Cl2N7O20P4S. The summed E-state index contributed by atoms with van der Waals surface area (Å²) in [7, 11) is -21.2. The number of halogens is 2. The summed E-state index contributed by atoms with van der Waals surface area (Å²) in [6.45, 7) is -0.134. The largest absolute Gasteiger partial charge is 0.481 e. The van der Waals surface area contributed by atoms with Crippen molar-refractivity contribution in [3.05, 3.63) is 22.7 Å². The molecule has 3 rings (SSSR count). The second kappa shape index (κ2) is 20.9. The van der Waals surface area contributed by atoms with Gasteiger partial charge in [-0.15, -0.1) is 0 Å². The van der Waals surface area contributed by atoms with Gasteiger partial charge in [0.1, 0.15) is 40.8 Å². The smallest absolute Gasteiger partial charge is 0.386 e. The number of amides is 2. The minimum absolute atomic E-state index is 0.00838. The van der Waals surface area contributed by atoms with E-state index < -0.39 is 113 Å². The zero-order valence-electron chi connectivity index (χ0n) is 30.3. The van der Waals surface area contributed by atoms with Crippen LogP contribution in [0.1, 0.15) is 26.5 Å². The van der Waals surface area contributed by atoms with Crippen LogP contribution in [0.5, 0.6) is 0 Å². The van der Waals surface area contributed by atoms with Crippen LogP contribution in [0.25, 0.3) is 11.2 Å².